The second-order valence-electron chi connectivity index (χ2n) is 7.48. The van der Waals surface area contributed by atoms with Gasteiger partial charge in [0.2, 0.25) is 5.91 Å². The van der Waals surface area contributed by atoms with Crippen molar-refractivity contribution in [1.82, 2.24) is 15.1 Å². The van der Waals surface area contributed by atoms with Crippen molar-refractivity contribution < 1.29 is 9.59 Å². The molecule has 2 heterocycles. The Morgan fingerprint density at radius 1 is 1.17 bits per heavy atom. The van der Waals surface area contributed by atoms with Gasteiger partial charge in [0.15, 0.2) is 0 Å². The molecule has 2 aliphatic heterocycles. The third kappa shape index (κ3) is 4.00. The van der Waals surface area contributed by atoms with Gasteiger partial charge in [0, 0.05) is 41.6 Å². The van der Waals surface area contributed by atoms with Crippen LogP contribution in [0.2, 0.25) is 0 Å². The molecule has 148 valence electrons. The zero-order chi connectivity index (χ0) is 20.4. The molecule has 0 unspecified atom stereocenters. The van der Waals surface area contributed by atoms with Gasteiger partial charge < -0.3 is 9.80 Å². The number of nitrogens with one attached hydrogen (secondary N) is 1. The topological polar surface area (TPSA) is 76.4 Å². The molecule has 29 heavy (non-hydrogen) atoms. The fourth-order valence-corrected chi connectivity index (χ4v) is 4.49. The van der Waals surface area contributed by atoms with Gasteiger partial charge in [-0.15, -0.1) is 0 Å². The van der Waals surface area contributed by atoms with Crippen LogP contribution in [-0.4, -0.2) is 46.9 Å². The van der Waals surface area contributed by atoms with E-state index in [1.165, 1.54) is 0 Å². The molecule has 2 amide bonds. The lowest BCUT2D eigenvalue weighted by molar-refractivity contribution is -0.132. The zero-order valence-corrected chi connectivity index (χ0v) is 18.1. The van der Waals surface area contributed by atoms with Gasteiger partial charge in [-0.1, -0.05) is 12.1 Å². The smallest absolute Gasteiger partial charge is 0.253 e. The number of hydrogen-bond donors (Lipinski definition) is 1. The van der Waals surface area contributed by atoms with E-state index in [9.17, 15) is 9.59 Å². The van der Waals surface area contributed by atoms with E-state index in [1.54, 1.807) is 6.07 Å². The molecule has 0 aromatic heterocycles. The van der Waals surface area contributed by atoms with Crippen LogP contribution < -0.4 is 5.32 Å². The zero-order valence-electron chi connectivity index (χ0n) is 15.9. The van der Waals surface area contributed by atoms with Crippen LogP contribution in [0.5, 0.6) is 0 Å². The lowest BCUT2D eigenvalue weighted by Gasteiger charge is -2.44. The molecule has 0 radical (unpaired) electrons. The van der Waals surface area contributed by atoms with Crippen LogP contribution in [0, 0.1) is 14.9 Å². The van der Waals surface area contributed by atoms with E-state index < -0.39 is 5.66 Å². The minimum absolute atomic E-state index is 0.0360. The van der Waals surface area contributed by atoms with Gasteiger partial charge in [-0.25, -0.2) is 0 Å². The molecule has 2 saturated heterocycles. The normalized spacial score (nSPS) is 18.1. The minimum Gasteiger partial charge on any atom is -0.338 e. The van der Waals surface area contributed by atoms with Gasteiger partial charge in [0.1, 0.15) is 0 Å². The number of nitrogens with zero attached hydrogens (tertiary/aromatic N) is 3. The average Bonchev–Trinajstić information content (AvgIpc) is 3.04. The van der Waals surface area contributed by atoms with Crippen molar-refractivity contribution in [3.8, 4) is 6.07 Å². The first-order valence-electron chi connectivity index (χ1n) is 9.60. The van der Waals surface area contributed by atoms with Crippen molar-refractivity contribution in [2.75, 3.05) is 19.6 Å². The quantitative estimate of drug-likeness (QED) is 0.658. The number of carbonyl (C=O) groups excluding carboxylic acids is 2. The molecular formula is C22H21IN4O2. The number of likely N-dealkylation sites (tertiary alicyclic amines) is 1. The summed E-state index contributed by atoms with van der Waals surface area (Å²) in [6.45, 7) is 1.97. The highest BCUT2D eigenvalue weighted by Gasteiger charge is 2.47. The molecule has 1 N–H and O–H groups in total. The first-order valence-corrected chi connectivity index (χ1v) is 10.7. The first-order chi connectivity index (χ1) is 14.0. The Bertz CT molecular complexity index is 975. The fourth-order valence-electron chi connectivity index (χ4n) is 4.13. The second kappa shape index (κ2) is 8.13. The summed E-state index contributed by atoms with van der Waals surface area (Å²) in [5.74, 6) is 0.0959. The summed E-state index contributed by atoms with van der Waals surface area (Å²) >= 11 is 2.22. The SMILES string of the molecule is N#Cc1cccc(CN2C(=O)CNC23CCN(C(=O)c2ccc(I)cc2)CC3)c1. The number of hydrogen-bond acceptors (Lipinski definition) is 4. The number of piperidine rings is 1. The van der Waals surface area contributed by atoms with Crippen LogP contribution in [0.4, 0.5) is 0 Å². The second-order valence-corrected chi connectivity index (χ2v) is 8.72. The molecule has 0 aliphatic carbocycles. The maximum absolute atomic E-state index is 12.8. The van der Waals surface area contributed by atoms with Crippen LogP contribution in [0.1, 0.15) is 34.3 Å². The number of halogens is 1. The van der Waals surface area contributed by atoms with Gasteiger partial charge >= 0.3 is 0 Å². The average molecular weight is 500 g/mol. The van der Waals surface area contributed by atoms with Crippen LogP contribution in [0.15, 0.2) is 48.5 Å². The van der Waals surface area contributed by atoms with Gasteiger partial charge in [-0.05, 0) is 64.6 Å². The van der Waals surface area contributed by atoms with E-state index in [0.29, 0.717) is 50.1 Å². The van der Waals surface area contributed by atoms with Crippen LogP contribution >= 0.6 is 22.6 Å². The Labute approximate surface area is 183 Å². The molecule has 2 aliphatic rings. The Hall–Kier alpha value is -2.44. The molecule has 6 nitrogen and oxygen atoms in total. The van der Waals surface area contributed by atoms with Gasteiger partial charge in [0.05, 0.1) is 23.8 Å². The van der Waals surface area contributed by atoms with Gasteiger partial charge in [0.25, 0.3) is 5.91 Å². The van der Waals surface area contributed by atoms with Crippen molar-refractivity contribution >= 4 is 34.4 Å². The van der Waals surface area contributed by atoms with Crippen LogP contribution in [0.3, 0.4) is 0 Å². The number of benzene rings is 2. The number of carbonyl (C=O) groups is 2. The summed E-state index contributed by atoms with van der Waals surface area (Å²) in [7, 11) is 0. The predicted molar refractivity (Wildman–Crippen MR) is 117 cm³/mol. The molecule has 2 aromatic carbocycles. The number of nitriles is 1. The monoisotopic (exact) mass is 500 g/mol. The van der Waals surface area contributed by atoms with Crippen LogP contribution in [-0.2, 0) is 11.3 Å². The van der Waals surface area contributed by atoms with E-state index in [1.807, 2.05) is 52.3 Å². The first kappa shape index (κ1) is 19.9. The molecule has 2 fully saturated rings. The summed E-state index contributed by atoms with van der Waals surface area (Å²) in [5, 5.41) is 12.5. The van der Waals surface area contributed by atoms with E-state index in [2.05, 4.69) is 34.0 Å². The summed E-state index contributed by atoms with van der Waals surface area (Å²) < 4.78 is 1.10. The standard InChI is InChI=1S/C22H21IN4O2/c23-19-6-4-18(5-7-19)21(29)26-10-8-22(9-11-26)25-14-20(28)27(22)15-17-3-1-2-16(12-17)13-24/h1-7,12,25H,8-11,14-15H2. The van der Waals surface area contributed by atoms with E-state index in [4.69, 9.17) is 5.26 Å². The van der Waals surface area contributed by atoms with Crippen molar-refractivity contribution in [1.29, 1.82) is 5.26 Å². The van der Waals surface area contributed by atoms with E-state index in [0.717, 1.165) is 9.13 Å². The highest BCUT2D eigenvalue weighted by molar-refractivity contribution is 14.1. The molecule has 0 bridgehead atoms. The third-order valence-electron chi connectivity index (χ3n) is 5.75. The lowest BCUT2D eigenvalue weighted by atomic mass is 9.94. The molecule has 0 saturated carbocycles. The summed E-state index contributed by atoms with van der Waals surface area (Å²) in [6.07, 6.45) is 1.37. The van der Waals surface area contributed by atoms with Crippen LogP contribution in [0.25, 0.3) is 0 Å². The molecule has 7 heteroatoms. The molecule has 2 aromatic rings. The van der Waals surface area contributed by atoms with Crippen molar-refractivity contribution in [2.24, 2.45) is 0 Å². The minimum atomic E-state index is -0.428. The number of rotatable bonds is 3. The molecule has 0 atom stereocenters. The Balaban J connectivity index is 1.47. The molecular weight excluding hydrogens is 479 g/mol. The third-order valence-corrected chi connectivity index (χ3v) is 6.47. The largest absolute Gasteiger partial charge is 0.338 e. The maximum atomic E-state index is 12.8. The van der Waals surface area contributed by atoms with E-state index >= 15 is 0 Å². The van der Waals surface area contributed by atoms with E-state index in [-0.39, 0.29) is 11.8 Å². The summed E-state index contributed by atoms with van der Waals surface area (Å²) in [6, 6.07) is 17.1. The maximum Gasteiger partial charge on any atom is 0.253 e. The van der Waals surface area contributed by atoms with Gasteiger partial charge in [-0.2, -0.15) is 5.26 Å². The number of amides is 2. The molecule has 4 rings (SSSR count). The van der Waals surface area contributed by atoms with Crippen molar-refractivity contribution in [2.45, 2.75) is 25.0 Å². The summed E-state index contributed by atoms with van der Waals surface area (Å²) in [4.78, 5) is 29.2. The Kier molecular flexibility index (Phi) is 5.56. The van der Waals surface area contributed by atoms with Gasteiger partial charge in [-0.3, -0.25) is 14.9 Å². The fraction of sp³-hybridized carbons (Fsp3) is 0.318. The Morgan fingerprint density at radius 3 is 2.59 bits per heavy atom. The Morgan fingerprint density at radius 2 is 1.90 bits per heavy atom. The highest BCUT2D eigenvalue weighted by atomic mass is 127. The lowest BCUT2D eigenvalue weighted by Crippen LogP contribution is -2.58. The summed E-state index contributed by atoms with van der Waals surface area (Å²) in [5.41, 5.74) is 1.80. The molecule has 1 spiro atoms. The predicted octanol–water partition coefficient (Wildman–Crippen LogP) is 2.73. The van der Waals surface area contributed by atoms with Crippen molar-refractivity contribution in [3.05, 3.63) is 68.8 Å². The highest BCUT2D eigenvalue weighted by Crippen LogP contribution is 2.32. The van der Waals surface area contributed by atoms with Crippen molar-refractivity contribution in [3.63, 3.8) is 0 Å².